The maximum absolute atomic E-state index is 13.1. The van der Waals surface area contributed by atoms with Crippen LogP contribution in [0.3, 0.4) is 0 Å². The van der Waals surface area contributed by atoms with Gasteiger partial charge in [0.1, 0.15) is 22.5 Å². The van der Waals surface area contributed by atoms with Crippen LogP contribution in [0.5, 0.6) is 0 Å². The fourth-order valence-corrected chi connectivity index (χ4v) is 2.89. The summed E-state index contributed by atoms with van der Waals surface area (Å²) in [7, 11) is 0. The number of aromatic nitrogens is 2. The molecule has 0 saturated heterocycles. The van der Waals surface area contributed by atoms with Crippen LogP contribution < -0.4 is 5.32 Å². The Bertz CT molecular complexity index is 915. The number of rotatable bonds is 4. The van der Waals surface area contributed by atoms with E-state index in [1.165, 1.54) is 16.8 Å². The van der Waals surface area contributed by atoms with Crippen LogP contribution in [0.1, 0.15) is 40.5 Å². The zero-order chi connectivity index (χ0) is 18.1. The van der Waals surface area contributed by atoms with Crippen molar-refractivity contribution >= 4 is 17.5 Å². The van der Waals surface area contributed by atoms with E-state index >= 15 is 0 Å². The van der Waals surface area contributed by atoms with Crippen molar-refractivity contribution in [2.75, 3.05) is 0 Å². The highest BCUT2D eigenvalue weighted by atomic mass is 35.5. The first-order valence-corrected chi connectivity index (χ1v) is 8.13. The Morgan fingerprint density at radius 3 is 2.52 bits per heavy atom. The lowest BCUT2D eigenvalue weighted by atomic mass is 10.2. The normalized spacial score (nSPS) is 12.2. The van der Waals surface area contributed by atoms with Crippen LogP contribution in [0.2, 0.25) is 5.15 Å². The van der Waals surface area contributed by atoms with E-state index in [4.69, 9.17) is 16.0 Å². The number of hydrogen-bond acceptors (Lipinski definition) is 3. The van der Waals surface area contributed by atoms with Crippen molar-refractivity contribution < 1.29 is 13.6 Å². The quantitative estimate of drug-likeness (QED) is 0.750. The van der Waals surface area contributed by atoms with Crippen LogP contribution >= 0.6 is 11.6 Å². The van der Waals surface area contributed by atoms with E-state index in [-0.39, 0.29) is 28.5 Å². The Hall–Kier alpha value is -2.60. The van der Waals surface area contributed by atoms with E-state index in [1.807, 2.05) is 26.0 Å². The van der Waals surface area contributed by atoms with Crippen LogP contribution in [0, 0.1) is 19.7 Å². The number of amides is 1. The van der Waals surface area contributed by atoms with E-state index in [0.717, 1.165) is 5.76 Å². The molecule has 0 aliphatic rings. The van der Waals surface area contributed by atoms with E-state index in [0.29, 0.717) is 17.1 Å². The summed E-state index contributed by atoms with van der Waals surface area (Å²) in [6.07, 6.45) is 0. The van der Waals surface area contributed by atoms with Gasteiger partial charge in [0.2, 0.25) is 0 Å². The van der Waals surface area contributed by atoms with Crippen LogP contribution in [-0.4, -0.2) is 15.7 Å². The fraction of sp³-hybridized carbons (Fsp3) is 0.222. The lowest BCUT2D eigenvalue weighted by Crippen LogP contribution is -2.27. The van der Waals surface area contributed by atoms with Gasteiger partial charge in [0.25, 0.3) is 5.91 Å². The molecule has 0 aliphatic carbocycles. The molecule has 3 rings (SSSR count). The maximum Gasteiger partial charge on any atom is 0.256 e. The highest BCUT2D eigenvalue weighted by Gasteiger charge is 2.23. The number of halogens is 2. The Morgan fingerprint density at radius 2 is 1.92 bits per heavy atom. The molecule has 0 radical (unpaired) electrons. The van der Waals surface area contributed by atoms with Crippen molar-refractivity contribution in [2.24, 2.45) is 0 Å². The summed E-state index contributed by atoms with van der Waals surface area (Å²) in [5.41, 5.74) is 1.33. The SMILES string of the molecule is Cc1ccc(C(C)NC(=O)c2c(C)nn(-c3ccc(F)cc3)c2Cl)o1. The third-order valence-electron chi connectivity index (χ3n) is 3.84. The van der Waals surface area contributed by atoms with Gasteiger partial charge >= 0.3 is 0 Å². The molecule has 1 amide bonds. The molecule has 0 saturated carbocycles. The topological polar surface area (TPSA) is 60.1 Å². The minimum atomic E-state index is -0.357. The Balaban J connectivity index is 1.87. The molecule has 0 aliphatic heterocycles. The molecular formula is C18H17ClFN3O2. The highest BCUT2D eigenvalue weighted by Crippen LogP contribution is 2.25. The number of nitrogens with one attached hydrogen (secondary N) is 1. The summed E-state index contributed by atoms with van der Waals surface area (Å²) >= 11 is 6.35. The monoisotopic (exact) mass is 361 g/mol. The van der Waals surface area contributed by atoms with E-state index in [1.54, 1.807) is 19.1 Å². The fourth-order valence-electron chi connectivity index (χ4n) is 2.54. The van der Waals surface area contributed by atoms with Crippen molar-refractivity contribution in [3.8, 4) is 5.69 Å². The van der Waals surface area contributed by atoms with E-state index < -0.39 is 0 Å². The second-order valence-corrected chi connectivity index (χ2v) is 6.14. The first-order valence-electron chi connectivity index (χ1n) is 7.75. The first-order chi connectivity index (χ1) is 11.9. The van der Waals surface area contributed by atoms with Crippen molar-refractivity contribution in [2.45, 2.75) is 26.8 Å². The van der Waals surface area contributed by atoms with Gasteiger partial charge in [-0.25, -0.2) is 9.07 Å². The van der Waals surface area contributed by atoms with Gasteiger partial charge in [-0.05, 0) is 57.2 Å². The number of benzene rings is 1. The molecule has 1 aromatic carbocycles. The van der Waals surface area contributed by atoms with E-state index in [2.05, 4.69) is 10.4 Å². The number of nitrogens with zero attached hydrogens (tertiary/aromatic N) is 2. The van der Waals surface area contributed by atoms with Crippen molar-refractivity contribution in [3.63, 3.8) is 0 Å². The third-order valence-corrected chi connectivity index (χ3v) is 4.19. The van der Waals surface area contributed by atoms with Crippen LogP contribution in [0.15, 0.2) is 40.8 Å². The number of hydrogen-bond donors (Lipinski definition) is 1. The number of carbonyl (C=O) groups excluding carboxylic acids is 1. The minimum absolute atomic E-state index is 0.171. The van der Waals surface area contributed by atoms with Crippen molar-refractivity contribution in [1.82, 2.24) is 15.1 Å². The second-order valence-electron chi connectivity index (χ2n) is 5.78. The molecule has 1 unspecified atom stereocenters. The summed E-state index contributed by atoms with van der Waals surface area (Å²) in [5.74, 6) is 0.724. The Morgan fingerprint density at radius 1 is 1.24 bits per heavy atom. The summed E-state index contributed by atoms with van der Waals surface area (Å²) in [5, 5.41) is 7.31. The van der Waals surface area contributed by atoms with Gasteiger partial charge in [0, 0.05) is 0 Å². The predicted molar refractivity (Wildman–Crippen MR) is 92.6 cm³/mol. The molecule has 0 fully saturated rings. The third kappa shape index (κ3) is 3.44. The molecule has 2 heterocycles. The summed E-state index contributed by atoms with van der Waals surface area (Å²) in [4.78, 5) is 12.6. The highest BCUT2D eigenvalue weighted by molar-refractivity contribution is 6.33. The molecule has 3 aromatic rings. The molecule has 7 heteroatoms. The zero-order valence-corrected chi connectivity index (χ0v) is 14.8. The summed E-state index contributed by atoms with van der Waals surface area (Å²) < 4.78 is 20.0. The molecule has 1 atom stereocenters. The Labute approximate surface area is 149 Å². The van der Waals surface area contributed by atoms with Crippen LogP contribution in [0.25, 0.3) is 5.69 Å². The van der Waals surface area contributed by atoms with Crippen molar-refractivity contribution in [3.05, 3.63) is 70.1 Å². The van der Waals surface area contributed by atoms with Gasteiger partial charge in [-0.15, -0.1) is 0 Å². The summed E-state index contributed by atoms with van der Waals surface area (Å²) in [6.45, 7) is 5.36. The molecule has 0 spiro atoms. The number of furan rings is 1. The lowest BCUT2D eigenvalue weighted by molar-refractivity contribution is 0.0934. The minimum Gasteiger partial charge on any atom is -0.464 e. The van der Waals surface area contributed by atoms with Gasteiger partial charge in [0.05, 0.1) is 23.0 Å². The van der Waals surface area contributed by atoms with Gasteiger partial charge in [-0.2, -0.15) is 5.10 Å². The number of carbonyl (C=O) groups is 1. The Kier molecular flexibility index (Phi) is 4.63. The average Bonchev–Trinajstić information content (AvgIpc) is 3.12. The molecule has 2 aromatic heterocycles. The van der Waals surface area contributed by atoms with Crippen LogP contribution in [-0.2, 0) is 0 Å². The van der Waals surface area contributed by atoms with Gasteiger partial charge < -0.3 is 9.73 Å². The molecule has 0 bridgehead atoms. The van der Waals surface area contributed by atoms with Gasteiger partial charge in [0.15, 0.2) is 0 Å². The van der Waals surface area contributed by atoms with Gasteiger partial charge in [-0.1, -0.05) is 11.6 Å². The molecule has 130 valence electrons. The average molecular weight is 362 g/mol. The largest absolute Gasteiger partial charge is 0.464 e. The maximum atomic E-state index is 13.1. The number of aryl methyl sites for hydroxylation is 2. The van der Waals surface area contributed by atoms with Gasteiger partial charge in [-0.3, -0.25) is 4.79 Å². The van der Waals surface area contributed by atoms with Crippen molar-refractivity contribution in [1.29, 1.82) is 0 Å². The second kappa shape index (κ2) is 6.72. The van der Waals surface area contributed by atoms with E-state index in [9.17, 15) is 9.18 Å². The standard InChI is InChI=1S/C18H17ClFN3O2/c1-10-4-9-15(25-10)11(2)21-18(24)16-12(3)22-23(17(16)19)14-7-5-13(20)6-8-14/h4-9,11H,1-3H3,(H,21,24). The molecule has 25 heavy (non-hydrogen) atoms. The summed E-state index contributed by atoms with van der Waals surface area (Å²) in [6, 6.07) is 9.05. The molecule has 5 nitrogen and oxygen atoms in total. The smallest absolute Gasteiger partial charge is 0.256 e. The molecular weight excluding hydrogens is 345 g/mol. The molecule has 1 N–H and O–H groups in total. The zero-order valence-electron chi connectivity index (χ0n) is 14.0. The van der Waals surface area contributed by atoms with Crippen LogP contribution in [0.4, 0.5) is 4.39 Å². The lowest BCUT2D eigenvalue weighted by Gasteiger charge is -2.11. The first kappa shape index (κ1) is 17.2. The predicted octanol–water partition coefficient (Wildman–Crippen LogP) is 4.37.